The topological polar surface area (TPSA) is 28.2 Å². The average molecular weight is 363 g/mol. The van der Waals surface area contributed by atoms with Gasteiger partial charge in [-0.25, -0.2) is 4.98 Å². The molecule has 0 amide bonds. The van der Waals surface area contributed by atoms with E-state index in [4.69, 9.17) is 0 Å². The van der Waals surface area contributed by atoms with Gasteiger partial charge in [-0.3, -0.25) is 0 Å². The number of piperidine rings is 1. The zero-order chi connectivity index (χ0) is 18.6. The van der Waals surface area contributed by atoms with Crippen LogP contribution < -0.4 is 10.2 Å². The first kappa shape index (κ1) is 18.7. The summed E-state index contributed by atoms with van der Waals surface area (Å²) < 4.78 is 37.9. The summed E-state index contributed by atoms with van der Waals surface area (Å²) in [5, 5.41) is 3.58. The molecule has 2 heterocycles. The van der Waals surface area contributed by atoms with Crippen LogP contribution in [0.25, 0.3) is 0 Å². The number of alkyl halides is 3. The largest absolute Gasteiger partial charge is 0.417 e. The molecule has 0 unspecified atom stereocenters. The normalized spacial score (nSPS) is 16.1. The van der Waals surface area contributed by atoms with Crippen molar-refractivity contribution in [2.75, 3.05) is 18.0 Å². The maximum absolute atomic E-state index is 12.6. The SMILES string of the molecule is CCc1ccc(CNC2CCN(c3ccc(C(F)(F)F)cn3)CC2)cc1. The number of rotatable bonds is 5. The Morgan fingerprint density at radius 1 is 1.04 bits per heavy atom. The highest BCUT2D eigenvalue weighted by atomic mass is 19.4. The molecule has 0 aliphatic carbocycles. The van der Waals surface area contributed by atoms with Crippen molar-refractivity contribution >= 4 is 5.82 Å². The van der Waals surface area contributed by atoms with Crippen molar-refractivity contribution in [3.63, 3.8) is 0 Å². The molecule has 2 aromatic rings. The molecule has 0 spiro atoms. The van der Waals surface area contributed by atoms with Gasteiger partial charge in [0.1, 0.15) is 5.82 Å². The van der Waals surface area contributed by atoms with Crippen LogP contribution in [-0.2, 0) is 19.1 Å². The van der Waals surface area contributed by atoms with Crippen molar-refractivity contribution in [1.29, 1.82) is 0 Å². The summed E-state index contributed by atoms with van der Waals surface area (Å²) >= 11 is 0. The van der Waals surface area contributed by atoms with E-state index in [1.807, 2.05) is 4.90 Å². The second-order valence-corrected chi connectivity index (χ2v) is 6.72. The van der Waals surface area contributed by atoms with E-state index in [9.17, 15) is 13.2 Å². The first-order valence-electron chi connectivity index (χ1n) is 9.05. The van der Waals surface area contributed by atoms with Crippen LogP contribution in [0.2, 0.25) is 0 Å². The van der Waals surface area contributed by atoms with Crippen molar-refractivity contribution in [1.82, 2.24) is 10.3 Å². The Morgan fingerprint density at radius 2 is 1.69 bits per heavy atom. The second kappa shape index (κ2) is 8.08. The summed E-state index contributed by atoms with van der Waals surface area (Å²) in [5.74, 6) is 0.617. The zero-order valence-corrected chi connectivity index (χ0v) is 14.9. The third-order valence-electron chi connectivity index (χ3n) is 4.92. The number of hydrogen-bond acceptors (Lipinski definition) is 3. The summed E-state index contributed by atoms with van der Waals surface area (Å²) in [6.45, 7) is 4.58. The number of benzene rings is 1. The predicted molar refractivity (Wildman–Crippen MR) is 97.1 cm³/mol. The lowest BCUT2D eigenvalue weighted by Gasteiger charge is -2.33. The van der Waals surface area contributed by atoms with Crippen molar-refractivity contribution in [3.8, 4) is 0 Å². The van der Waals surface area contributed by atoms with Crippen LogP contribution in [0.3, 0.4) is 0 Å². The minimum absolute atomic E-state index is 0.423. The minimum Gasteiger partial charge on any atom is -0.357 e. The molecular formula is C20H24F3N3. The first-order valence-corrected chi connectivity index (χ1v) is 9.05. The van der Waals surface area contributed by atoms with Crippen LogP contribution in [0.15, 0.2) is 42.6 Å². The fourth-order valence-electron chi connectivity index (χ4n) is 3.21. The Kier molecular flexibility index (Phi) is 5.81. The Hall–Kier alpha value is -2.08. The van der Waals surface area contributed by atoms with Gasteiger partial charge in [-0.1, -0.05) is 31.2 Å². The number of nitrogens with zero attached hydrogens (tertiary/aromatic N) is 2. The molecular weight excluding hydrogens is 339 g/mol. The Balaban J connectivity index is 1.47. The lowest BCUT2D eigenvalue weighted by atomic mass is 10.0. The molecule has 26 heavy (non-hydrogen) atoms. The minimum atomic E-state index is -4.34. The number of hydrogen-bond donors (Lipinski definition) is 1. The van der Waals surface area contributed by atoms with Crippen LogP contribution in [0.1, 0.15) is 36.5 Å². The van der Waals surface area contributed by atoms with Gasteiger partial charge in [-0.2, -0.15) is 13.2 Å². The van der Waals surface area contributed by atoms with Gasteiger partial charge in [-0.15, -0.1) is 0 Å². The smallest absolute Gasteiger partial charge is 0.357 e. The second-order valence-electron chi connectivity index (χ2n) is 6.72. The molecule has 0 radical (unpaired) electrons. The number of aromatic nitrogens is 1. The van der Waals surface area contributed by atoms with Crippen molar-refractivity contribution in [3.05, 3.63) is 59.3 Å². The van der Waals surface area contributed by atoms with Gasteiger partial charge < -0.3 is 10.2 Å². The highest BCUT2D eigenvalue weighted by Gasteiger charge is 2.31. The van der Waals surface area contributed by atoms with Gasteiger partial charge in [0, 0.05) is 31.9 Å². The van der Waals surface area contributed by atoms with E-state index in [1.165, 1.54) is 17.2 Å². The van der Waals surface area contributed by atoms with Gasteiger partial charge in [0.05, 0.1) is 5.56 Å². The maximum Gasteiger partial charge on any atom is 0.417 e. The highest BCUT2D eigenvalue weighted by Crippen LogP contribution is 2.29. The van der Waals surface area contributed by atoms with Gasteiger partial charge in [0.25, 0.3) is 0 Å². The summed E-state index contributed by atoms with van der Waals surface area (Å²) in [7, 11) is 0. The monoisotopic (exact) mass is 363 g/mol. The molecule has 0 bridgehead atoms. The molecule has 3 rings (SSSR count). The Morgan fingerprint density at radius 3 is 2.23 bits per heavy atom. The fraction of sp³-hybridized carbons (Fsp3) is 0.450. The van der Waals surface area contributed by atoms with Crippen molar-refractivity contribution in [2.45, 2.75) is 44.9 Å². The van der Waals surface area contributed by atoms with Crippen LogP contribution in [-0.4, -0.2) is 24.1 Å². The number of nitrogens with one attached hydrogen (secondary N) is 1. The van der Waals surface area contributed by atoms with E-state index in [0.717, 1.165) is 51.2 Å². The molecule has 1 N–H and O–H groups in total. The lowest BCUT2D eigenvalue weighted by Crippen LogP contribution is -2.42. The van der Waals surface area contributed by atoms with Crippen LogP contribution in [0, 0.1) is 0 Å². The Bertz CT molecular complexity index is 688. The quantitative estimate of drug-likeness (QED) is 0.852. The van der Waals surface area contributed by atoms with Gasteiger partial charge in [-0.05, 0) is 42.5 Å². The summed E-state index contributed by atoms with van der Waals surface area (Å²) in [4.78, 5) is 6.04. The van der Waals surface area contributed by atoms with Gasteiger partial charge >= 0.3 is 6.18 Å². The van der Waals surface area contributed by atoms with E-state index >= 15 is 0 Å². The van der Waals surface area contributed by atoms with Gasteiger partial charge in [0.2, 0.25) is 0 Å². The van der Waals surface area contributed by atoms with E-state index in [1.54, 1.807) is 0 Å². The van der Waals surface area contributed by atoms with E-state index < -0.39 is 11.7 Å². The maximum atomic E-state index is 12.6. The number of anilines is 1. The molecule has 1 aliphatic rings. The molecule has 1 aromatic heterocycles. The first-order chi connectivity index (χ1) is 12.5. The van der Waals surface area contributed by atoms with Crippen LogP contribution in [0.5, 0.6) is 0 Å². The number of halogens is 3. The molecule has 3 nitrogen and oxygen atoms in total. The molecule has 0 atom stereocenters. The summed E-state index contributed by atoms with van der Waals surface area (Å²) in [6.07, 6.45) is -0.465. The standard InChI is InChI=1S/C20H24F3N3/c1-2-15-3-5-16(6-4-15)13-24-18-9-11-26(12-10-18)19-8-7-17(14-25-19)20(21,22)23/h3-8,14,18,24H,2,9-13H2,1H3. The Labute approximate surface area is 152 Å². The van der Waals surface area contributed by atoms with Gasteiger partial charge in [0.15, 0.2) is 0 Å². The molecule has 0 saturated carbocycles. The predicted octanol–water partition coefficient (Wildman–Crippen LogP) is 4.42. The van der Waals surface area contributed by atoms with E-state index in [-0.39, 0.29) is 0 Å². The average Bonchev–Trinajstić information content (AvgIpc) is 2.66. The lowest BCUT2D eigenvalue weighted by molar-refractivity contribution is -0.137. The highest BCUT2D eigenvalue weighted by molar-refractivity contribution is 5.40. The third kappa shape index (κ3) is 4.75. The van der Waals surface area contributed by atoms with Crippen LogP contribution in [0.4, 0.5) is 19.0 Å². The molecule has 1 fully saturated rings. The van der Waals surface area contributed by atoms with E-state index in [0.29, 0.717) is 11.9 Å². The third-order valence-corrected chi connectivity index (χ3v) is 4.92. The number of pyridine rings is 1. The molecule has 6 heteroatoms. The summed E-state index contributed by atoms with van der Waals surface area (Å²) in [5.41, 5.74) is 1.91. The fourth-order valence-corrected chi connectivity index (χ4v) is 3.21. The van der Waals surface area contributed by atoms with Crippen molar-refractivity contribution < 1.29 is 13.2 Å². The zero-order valence-electron chi connectivity index (χ0n) is 14.9. The number of aryl methyl sites for hydroxylation is 1. The van der Waals surface area contributed by atoms with Crippen LogP contribution >= 0.6 is 0 Å². The molecule has 1 aliphatic heterocycles. The molecule has 140 valence electrons. The molecule has 1 aromatic carbocycles. The van der Waals surface area contributed by atoms with E-state index in [2.05, 4.69) is 41.5 Å². The summed E-state index contributed by atoms with van der Waals surface area (Å²) in [6, 6.07) is 11.6. The molecule has 1 saturated heterocycles. The van der Waals surface area contributed by atoms with Crippen molar-refractivity contribution in [2.24, 2.45) is 0 Å².